The van der Waals surface area contributed by atoms with Crippen LogP contribution in [0.2, 0.25) is 0 Å². The highest BCUT2D eigenvalue weighted by Crippen LogP contribution is 2.21. The fraction of sp³-hybridized carbons (Fsp3) is 0.455. The lowest BCUT2D eigenvalue weighted by Crippen LogP contribution is -2.08. The van der Waals surface area contributed by atoms with Crippen molar-refractivity contribution in [1.29, 1.82) is 0 Å². The van der Waals surface area contributed by atoms with Crippen LogP contribution in [0.1, 0.15) is 5.56 Å². The van der Waals surface area contributed by atoms with Crippen LogP contribution in [0.4, 0.5) is 0 Å². The van der Waals surface area contributed by atoms with Crippen LogP contribution in [0, 0.1) is 5.92 Å². The molecule has 0 bridgehead atoms. The molecule has 78 valence electrons. The van der Waals surface area contributed by atoms with Crippen molar-refractivity contribution in [2.75, 3.05) is 18.9 Å². The Bertz CT molecular complexity index is 272. The van der Waals surface area contributed by atoms with E-state index in [0.29, 0.717) is 17.7 Å². The summed E-state index contributed by atoms with van der Waals surface area (Å²) in [6.45, 7) is 0. The quantitative estimate of drug-likeness (QED) is 0.709. The van der Waals surface area contributed by atoms with Crippen LogP contribution in [0.15, 0.2) is 24.3 Å². The largest absolute Gasteiger partial charge is 0.496 e. The Hall–Kier alpha value is -0.400. The van der Waals surface area contributed by atoms with Crippen molar-refractivity contribution >= 4 is 23.2 Å². The Morgan fingerprint density at radius 1 is 1.21 bits per heavy atom. The lowest BCUT2D eigenvalue weighted by molar-refractivity contribution is 0.407. The van der Waals surface area contributed by atoms with Crippen molar-refractivity contribution in [2.45, 2.75) is 6.42 Å². The van der Waals surface area contributed by atoms with Gasteiger partial charge in [0.05, 0.1) is 7.11 Å². The summed E-state index contributed by atoms with van der Waals surface area (Å²) in [5.74, 6) is 2.39. The van der Waals surface area contributed by atoms with Gasteiger partial charge in [-0.3, -0.25) is 0 Å². The highest BCUT2D eigenvalue weighted by atomic mass is 35.5. The van der Waals surface area contributed by atoms with E-state index in [2.05, 4.69) is 0 Å². The Morgan fingerprint density at radius 2 is 1.86 bits per heavy atom. The number of halogens is 2. The molecule has 0 amide bonds. The van der Waals surface area contributed by atoms with Gasteiger partial charge in [0.25, 0.3) is 0 Å². The molecule has 1 aromatic rings. The van der Waals surface area contributed by atoms with Gasteiger partial charge in [0.1, 0.15) is 5.75 Å². The highest BCUT2D eigenvalue weighted by molar-refractivity contribution is 6.20. The SMILES string of the molecule is COc1ccccc1CC(CCl)CCl. The Labute approximate surface area is 95.0 Å². The second kappa shape index (κ2) is 6.15. The van der Waals surface area contributed by atoms with Crippen molar-refractivity contribution in [3.05, 3.63) is 29.8 Å². The second-order valence-electron chi connectivity index (χ2n) is 3.19. The van der Waals surface area contributed by atoms with Gasteiger partial charge in [0.2, 0.25) is 0 Å². The van der Waals surface area contributed by atoms with E-state index >= 15 is 0 Å². The summed E-state index contributed by atoms with van der Waals surface area (Å²) in [4.78, 5) is 0. The number of ether oxygens (including phenoxy) is 1. The molecule has 1 aromatic carbocycles. The Kier molecular flexibility index (Phi) is 5.13. The zero-order valence-electron chi connectivity index (χ0n) is 8.17. The third kappa shape index (κ3) is 3.07. The molecule has 0 fully saturated rings. The van der Waals surface area contributed by atoms with Gasteiger partial charge in [-0.25, -0.2) is 0 Å². The summed E-state index contributed by atoms with van der Waals surface area (Å²) >= 11 is 11.6. The smallest absolute Gasteiger partial charge is 0.122 e. The summed E-state index contributed by atoms with van der Waals surface area (Å²) < 4.78 is 5.25. The van der Waals surface area contributed by atoms with Crippen molar-refractivity contribution in [3.63, 3.8) is 0 Å². The molecule has 0 saturated carbocycles. The molecular weight excluding hydrogens is 219 g/mol. The summed E-state index contributed by atoms with van der Waals surface area (Å²) in [6.07, 6.45) is 0.872. The second-order valence-corrected chi connectivity index (χ2v) is 3.81. The molecule has 0 aliphatic heterocycles. The fourth-order valence-electron chi connectivity index (χ4n) is 1.33. The van der Waals surface area contributed by atoms with Gasteiger partial charge in [-0.1, -0.05) is 18.2 Å². The maximum absolute atomic E-state index is 5.79. The van der Waals surface area contributed by atoms with Crippen LogP contribution >= 0.6 is 23.2 Å². The van der Waals surface area contributed by atoms with E-state index in [-0.39, 0.29) is 0 Å². The number of rotatable bonds is 5. The average Bonchev–Trinajstić information content (AvgIpc) is 2.26. The van der Waals surface area contributed by atoms with Crippen LogP contribution in [0.5, 0.6) is 5.75 Å². The van der Waals surface area contributed by atoms with Gasteiger partial charge in [-0.05, 0) is 24.0 Å². The van der Waals surface area contributed by atoms with Gasteiger partial charge in [0.15, 0.2) is 0 Å². The van der Waals surface area contributed by atoms with Crippen LogP contribution in [-0.4, -0.2) is 18.9 Å². The lowest BCUT2D eigenvalue weighted by atomic mass is 10.0. The summed E-state index contributed by atoms with van der Waals surface area (Å²) in [5, 5.41) is 0. The van der Waals surface area contributed by atoms with Gasteiger partial charge < -0.3 is 4.74 Å². The molecule has 0 saturated heterocycles. The first-order chi connectivity index (χ1) is 6.81. The van der Waals surface area contributed by atoms with Gasteiger partial charge in [-0.2, -0.15) is 0 Å². The van der Waals surface area contributed by atoms with E-state index in [1.54, 1.807) is 7.11 Å². The molecule has 0 spiro atoms. The first-order valence-corrected chi connectivity index (χ1v) is 5.62. The molecule has 0 aliphatic carbocycles. The first-order valence-electron chi connectivity index (χ1n) is 4.55. The predicted octanol–water partition coefficient (Wildman–Crippen LogP) is 3.33. The standard InChI is InChI=1S/C11H14Cl2O/c1-14-11-5-3-2-4-10(11)6-9(7-12)8-13/h2-5,9H,6-8H2,1H3. The molecule has 0 N–H and O–H groups in total. The number of alkyl halides is 2. The van der Waals surface area contributed by atoms with Crippen molar-refractivity contribution in [1.82, 2.24) is 0 Å². The molecule has 1 nitrogen and oxygen atoms in total. The summed E-state index contributed by atoms with van der Waals surface area (Å²) in [6, 6.07) is 7.95. The monoisotopic (exact) mass is 232 g/mol. The normalized spacial score (nSPS) is 10.6. The van der Waals surface area contributed by atoms with E-state index in [1.165, 1.54) is 5.56 Å². The van der Waals surface area contributed by atoms with Crippen LogP contribution < -0.4 is 4.74 Å². The topological polar surface area (TPSA) is 9.23 Å². The predicted molar refractivity (Wildman–Crippen MR) is 61.6 cm³/mol. The molecule has 0 aliphatic rings. The summed E-state index contributed by atoms with van der Waals surface area (Å²) in [7, 11) is 1.68. The molecule has 14 heavy (non-hydrogen) atoms. The molecule has 1 rings (SSSR count). The van der Waals surface area contributed by atoms with Crippen molar-refractivity contribution in [3.8, 4) is 5.75 Å². The molecule has 0 atom stereocenters. The van der Waals surface area contributed by atoms with E-state index in [4.69, 9.17) is 27.9 Å². The van der Waals surface area contributed by atoms with Crippen molar-refractivity contribution in [2.24, 2.45) is 5.92 Å². The minimum atomic E-state index is 0.314. The minimum absolute atomic E-state index is 0.314. The highest BCUT2D eigenvalue weighted by Gasteiger charge is 2.10. The number of methoxy groups -OCH3 is 1. The molecule has 0 heterocycles. The number of hydrogen-bond acceptors (Lipinski definition) is 1. The van der Waals surface area contributed by atoms with Gasteiger partial charge in [0, 0.05) is 11.8 Å². The molecule has 0 radical (unpaired) electrons. The van der Waals surface area contributed by atoms with E-state index in [1.807, 2.05) is 24.3 Å². The number of benzene rings is 1. The summed E-state index contributed by atoms with van der Waals surface area (Å²) in [5.41, 5.74) is 1.17. The minimum Gasteiger partial charge on any atom is -0.496 e. The van der Waals surface area contributed by atoms with Crippen LogP contribution in [0.25, 0.3) is 0 Å². The van der Waals surface area contributed by atoms with E-state index < -0.39 is 0 Å². The molecule has 3 heteroatoms. The maximum atomic E-state index is 5.79. The first kappa shape index (κ1) is 11.7. The van der Waals surface area contributed by atoms with Crippen LogP contribution in [0.3, 0.4) is 0 Å². The average molecular weight is 233 g/mol. The van der Waals surface area contributed by atoms with Crippen LogP contribution in [-0.2, 0) is 6.42 Å². The molecule has 0 unspecified atom stereocenters. The zero-order chi connectivity index (χ0) is 10.4. The third-order valence-corrected chi connectivity index (χ3v) is 3.01. The maximum Gasteiger partial charge on any atom is 0.122 e. The number of hydrogen-bond donors (Lipinski definition) is 0. The third-order valence-electron chi connectivity index (χ3n) is 2.14. The lowest BCUT2D eigenvalue weighted by Gasteiger charge is -2.12. The zero-order valence-corrected chi connectivity index (χ0v) is 9.68. The van der Waals surface area contributed by atoms with Gasteiger partial charge in [-0.15, -0.1) is 23.2 Å². The molecule has 0 aromatic heterocycles. The van der Waals surface area contributed by atoms with Crippen molar-refractivity contribution < 1.29 is 4.74 Å². The fourth-order valence-corrected chi connectivity index (χ4v) is 1.88. The number of para-hydroxylation sites is 1. The van der Waals surface area contributed by atoms with E-state index in [9.17, 15) is 0 Å². The Morgan fingerprint density at radius 3 is 2.43 bits per heavy atom. The van der Waals surface area contributed by atoms with Gasteiger partial charge >= 0.3 is 0 Å². The Balaban J connectivity index is 2.74. The molecular formula is C11H14Cl2O. The van der Waals surface area contributed by atoms with E-state index in [0.717, 1.165) is 12.2 Å².